The van der Waals surface area contributed by atoms with Crippen LogP contribution in [-0.2, 0) is 16.0 Å². The minimum Gasteiger partial charge on any atom is -0.378 e. The van der Waals surface area contributed by atoms with Crippen molar-refractivity contribution in [2.45, 2.75) is 46.1 Å². The molecule has 4 N–H and O–H groups in total. The van der Waals surface area contributed by atoms with Crippen LogP contribution in [-0.4, -0.2) is 83.1 Å². The molecule has 7 rings (SSSR count). The van der Waals surface area contributed by atoms with Gasteiger partial charge < -0.3 is 30.9 Å². The number of nitrogens with one attached hydrogen (secondary N) is 2. The van der Waals surface area contributed by atoms with Crippen molar-refractivity contribution in [3.63, 3.8) is 0 Å². The van der Waals surface area contributed by atoms with Crippen molar-refractivity contribution in [2.75, 3.05) is 54.9 Å². The molecule has 3 amide bonds. The lowest BCUT2D eigenvalue weighted by Gasteiger charge is -2.34. The Bertz CT molecular complexity index is 2130. The summed E-state index contributed by atoms with van der Waals surface area (Å²) in [6, 6.07) is 13.9. The van der Waals surface area contributed by atoms with Crippen LogP contribution in [0.2, 0.25) is 0 Å². The largest absolute Gasteiger partial charge is 0.378 e. The number of morpholine rings is 1. The summed E-state index contributed by atoms with van der Waals surface area (Å²) >= 11 is 1.38. The fourth-order valence-corrected chi connectivity index (χ4v) is 7.94. The molecule has 0 radical (unpaired) electrons. The molecule has 14 heteroatoms. The van der Waals surface area contributed by atoms with Crippen molar-refractivity contribution < 1.29 is 19.1 Å². The summed E-state index contributed by atoms with van der Waals surface area (Å²) < 4.78 is 6.40. The maximum Gasteiger partial charge on any atom is 0.261 e. The molecule has 0 bridgehead atoms. The molecular formula is C38H41N9O4S. The monoisotopic (exact) mass is 719 g/mol. The molecule has 3 aromatic heterocycles. The zero-order valence-electron chi connectivity index (χ0n) is 29.4. The number of fused-ring (bicyclic) bond motifs is 2. The maximum absolute atomic E-state index is 13.4. The normalized spacial score (nSPS) is 15.7. The van der Waals surface area contributed by atoms with E-state index in [2.05, 4.69) is 38.5 Å². The molecule has 52 heavy (non-hydrogen) atoms. The molecule has 1 atom stereocenters. The van der Waals surface area contributed by atoms with Crippen LogP contribution in [0, 0.1) is 6.92 Å². The molecule has 268 valence electrons. The lowest BCUT2D eigenvalue weighted by molar-refractivity contribution is -0.117. The van der Waals surface area contributed by atoms with Crippen LogP contribution in [0.4, 0.5) is 17.5 Å². The van der Waals surface area contributed by atoms with Gasteiger partial charge in [-0.05, 0) is 79.6 Å². The fraction of sp³-hybridized carbons (Fsp3) is 0.342. The molecule has 0 aliphatic carbocycles. The van der Waals surface area contributed by atoms with E-state index in [-0.39, 0.29) is 29.7 Å². The average molecular weight is 720 g/mol. The van der Waals surface area contributed by atoms with Gasteiger partial charge in [-0.1, -0.05) is 18.2 Å². The first-order valence-corrected chi connectivity index (χ1v) is 18.3. The highest BCUT2D eigenvalue weighted by Crippen LogP contribution is 2.38. The maximum atomic E-state index is 13.4. The van der Waals surface area contributed by atoms with Gasteiger partial charge in [-0.25, -0.2) is 19.9 Å². The van der Waals surface area contributed by atoms with Gasteiger partial charge in [-0.2, -0.15) is 0 Å². The first-order valence-electron chi connectivity index (χ1n) is 17.5. The van der Waals surface area contributed by atoms with Crippen LogP contribution in [0.5, 0.6) is 0 Å². The third-order valence-electron chi connectivity index (χ3n) is 9.55. The predicted molar refractivity (Wildman–Crippen MR) is 203 cm³/mol. The standard InChI is InChI=1S/C38H41N9O4S/c1-22-5-6-28-19-27(11-12-30(28)47(22)24(3)48)25-7-9-26(10-8-25)36(49)40-13-4-14-41-37(50)32-23(2)31-33(52-32)35(46-15-17-51-18-16-46)45-34(44-31)29-20-42-38(39)43-21-29/h7-12,19-22H,4-6,13-18H2,1-3H3,(H,40,49)(H,41,50)(H2,39,42,43)/t22-/m0/s1. The molecule has 2 aliphatic heterocycles. The Morgan fingerprint density at radius 3 is 2.35 bits per heavy atom. The Labute approximate surface area is 305 Å². The number of amides is 3. The molecule has 13 nitrogen and oxygen atoms in total. The Morgan fingerprint density at radius 2 is 1.63 bits per heavy atom. The highest BCUT2D eigenvalue weighted by atomic mass is 32.1. The van der Waals surface area contributed by atoms with Crippen molar-refractivity contribution >= 4 is 56.7 Å². The zero-order valence-corrected chi connectivity index (χ0v) is 30.3. The predicted octanol–water partition coefficient (Wildman–Crippen LogP) is 4.78. The number of rotatable bonds is 9. The number of nitrogens with zero attached hydrogens (tertiary/aromatic N) is 6. The number of thiophene rings is 1. The third-order valence-corrected chi connectivity index (χ3v) is 10.8. The molecule has 0 spiro atoms. The van der Waals surface area contributed by atoms with Gasteiger partial charge in [0.1, 0.15) is 0 Å². The van der Waals surface area contributed by atoms with Crippen LogP contribution < -0.4 is 26.2 Å². The van der Waals surface area contributed by atoms with Crippen molar-refractivity contribution in [2.24, 2.45) is 0 Å². The number of aryl methyl sites for hydroxylation is 2. The average Bonchev–Trinajstić information content (AvgIpc) is 3.50. The summed E-state index contributed by atoms with van der Waals surface area (Å²) in [5.74, 6) is 1.06. The number of hydrogen-bond acceptors (Lipinski definition) is 11. The fourth-order valence-electron chi connectivity index (χ4n) is 6.76. The van der Waals surface area contributed by atoms with E-state index in [1.165, 1.54) is 11.3 Å². The number of anilines is 3. The molecule has 1 fully saturated rings. The van der Waals surface area contributed by atoms with E-state index >= 15 is 0 Å². The van der Waals surface area contributed by atoms with Crippen molar-refractivity contribution in [3.05, 3.63) is 76.4 Å². The first kappa shape index (κ1) is 35.0. The van der Waals surface area contributed by atoms with Gasteiger partial charge in [-0.15, -0.1) is 11.3 Å². The number of nitrogen functional groups attached to an aromatic ring is 1. The van der Waals surface area contributed by atoms with Crippen LogP contribution in [0.3, 0.4) is 0 Å². The molecule has 5 heterocycles. The van der Waals surface area contributed by atoms with Gasteiger partial charge in [0.05, 0.1) is 33.9 Å². The summed E-state index contributed by atoms with van der Waals surface area (Å²) in [4.78, 5) is 61.0. The summed E-state index contributed by atoms with van der Waals surface area (Å²) in [6.07, 6.45) is 5.60. The molecule has 2 aromatic carbocycles. The lowest BCUT2D eigenvalue weighted by Crippen LogP contribution is -2.40. The molecule has 0 saturated carbocycles. The minimum atomic E-state index is -0.196. The summed E-state index contributed by atoms with van der Waals surface area (Å²) in [6.45, 7) is 8.91. The number of carbonyl (C=O) groups is 3. The summed E-state index contributed by atoms with van der Waals surface area (Å²) in [5, 5.41) is 5.96. The number of ether oxygens (including phenoxy) is 1. The van der Waals surface area contributed by atoms with Crippen molar-refractivity contribution in [1.29, 1.82) is 0 Å². The second kappa shape index (κ2) is 15.0. The zero-order chi connectivity index (χ0) is 36.4. The number of carbonyl (C=O) groups excluding carboxylic acids is 3. The molecular weight excluding hydrogens is 679 g/mol. The number of nitrogens with two attached hydrogens (primary N) is 1. The Balaban J connectivity index is 0.961. The van der Waals surface area contributed by atoms with Gasteiger partial charge in [0.25, 0.3) is 11.8 Å². The lowest BCUT2D eigenvalue weighted by atomic mass is 9.93. The van der Waals surface area contributed by atoms with Gasteiger partial charge in [0.2, 0.25) is 11.9 Å². The number of hydrogen-bond donors (Lipinski definition) is 3. The Kier molecular flexibility index (Phi) is 10.1. The Morgan fingerprint density at radius 1 is 0.942 bits per heavy atom. The summed E-state index contributed by atoms with van der Waals surface area (Å²) in [7, 11) is 0. The van der Waals surface area contributed by atoms with Gasteiger partial charge >= 0.3 is 0 Å². The number of aromatic nitrogens is 4. The molecule has 1 saturated heterocycles. The second-order valence-corrected chi connectivity index (χ2v) is 14.1. The van der Waals surface area contributed by atoms with E-state index in [0.717, 1.165) is 51.3 Å². The van der Waals surface area contributed by atoms with E-state index in [0.29, 0.717) is 73.2 Å². The smallest absolute Gasteiger partial charge is 0.261 e. The van der Waals surface area contributed by atoms with Crippen LogP contribution in [0.25, 0.3) is 32.7 Å². The molecule has 0 unspecified atom stereocenters. The van der Waals surface area contributed by atoms with Crippen molar-refractivity contribution in [1.82, 2.24) is 30.6 Å². The minimum absolute atomic E-state index is 0.0557. The van der Waals surface area contributed by atoms with E-state index in [1.807, 2.05) is 48.2 Å². The van der Waals surface area contributed by atoms with E-state index in [1.54, 1.807) is 19.3 Å². The topological polar surface area (TPSA) is 169 Å². The van der Waals surface area contributed by atoms with Gasteiger partial charge in [0, 0.05) is 62.8 Å². The third kappa shape index (κ3) is 7.16. The first-order chi connectivity index (χ1) is 25.2. The van der Waals surface area contributed by atoms with Gasteiger partial charge in [0.15, 0.2) is 11.6 Å². The summed E-state index contributed by atoms with van der Waals surface area (Å²) in [5.41, 5.74) is 12.6. The van der Waals surface area contributed by atoms with Crippen molar-refractivity contribution in [3.8, 4) is 22.5 Å². The molecule has 2 aliphatic rings. The highest BCUT2D eigenvalue weighted by molar-refractivity contribution is 7.21. The highest BCUT2D eigenvalue weighted by Gasteiger charge is 2.27. The molecule has 5 aromatic rings. The SMILES string of the molecule is CC(=O)N1c2ccc(-c3ccc(C(=O)NCCCNC(=O)c4sc5c(N6CCOCC6)nc(-c6cnc(N)nc6)nc5c4C)cc3)cc2CC[C@@H]1C. The Hall–Kier alpha value is -5.47. The van der Waals surface area contributed by atoms with E-state index in [4.69, 9.17) is 20.4 Å². The number of benzene rings is 2. The van der Waals surface area contributed by atoms with E-state index < -0.39 is 0 Å². The quantitative estimate of drug-likeness (QED) is 0.180. The van der Waals surface area contributed by atoms with Crippen LogP contribution in [0.15, 0.2) is 54.9 Å². The second-order valence-electron chi connectivity index (χ2n) is 13.1. The van der Waals surface area contributed by atoms with Gasteiger partial charge in [-0.3, -0.25) is 14.4 Å². The van der Waals surface area contributed by atoms with Crippen LogP contribution in [0.1, 0.15) is 57.8 Å². The van der Waals surface area contributed by atoms with Crippen LogP contribution >= 0.6 is 11.3 Å². The van der Waals surface area contributed by atoms with E-state index in [9.17, 15) is 14.4 Å².